The van der Waals surface area contributed by atoms with Gasteiger partial charge in [0.25, 0.3) is 10.2 Å². The van der Waals surface area contributed by atoms with Gasteiger partial charge in [-0.1, -0.05) is 27.7 Å². The highest BCUT2D eigenvalue weighted by Gasteiger charge is 2.34. The van der Waals surface area contributed by atoms with Crippen molar-refractivity contribution < 1.29 is 8.42 Å². The highest BCUT2D eigenvalue weighted by Crippen LogP contribution is 2.32. The van der Waals surface area contributed by atoms with Gasteiger partial charge in [0.15, 0.2) is 0 Å². The summed E-state index contributed by atoms with van der Waals surface area (Å²) in [6, 6.07) is -0.101. The first-order valence-corrected chi connectivity index (χ1v) is 9.67. The standard InChI is InChI=1S/C15H33N3O2S.ClH/c1-12(2)7-9-18(10-8-13(3)4)21(19,20)17-15(11-16)14-5-6-14;/h12-15,17H,5-11,16H2,1-4H3;1H. The van der Waals surface area contributed by atoms with Gasteiger partial charge in [-0.3, -0.25) is 0 Å². The third-order valence-corrected chi connectivity index (χ3v) is 5.64. The van der Waals surface area contributed by atoms with E-state index in [9.17, 15) is 8.42 Å². The number of rotatable bonds is 11. The van der Waals surface area contributed by atoms with E-state index in [4.69, 9.17) is 5.73 Å². The molecule has 0 saturated heterocycles. The van der Waals surface area contributed by atoms with Gasteiger partial charge in [0.1, 0.15) is 0 Å². The number of nitrogens with two attached hydrogens (primary N) is 1. The van der Waals surface area contributed by atoms with Crippen LogP contribution < -0.4 is 10.5 Å². The predicted octanol–water partition coefficient (Wildman–Crippen LogP) is 2.37. The highest BCUT2D eigenvalue weighted by molar-refractivity contribution is 7.87. The summed E-state index contributed by atoms with van der Waals surface area (Å²) >= 11 is 0. The molecule has 0 bridgehead atoms. The maximum Gasteiger partial charge on any atom is 0.279 e. The number of hydrogen-bond donors (Lipinski definition) is 2. The lowest BCUT2D eigenvalue weighted by Crippen LogP contribution is -2.49. The van der Waals surface area contributed by atoms with Crippen LogP contribution in [0.2, 0.25) is 0 Å². The number of halogens is 1. The van der Waals surface area contributed by atoms with E-state index in [1.54, 1.807) is 4.31 Å². The molecule has 3 N–H and O–H groups in total. The van der Waals surface area contributed by atoms with E-state index < -0.39 is 10.2 Å². The molecule has 0 heterocycles. The molecular formula is C15H34ClN3O2S. The Morgan fingerprint density at radius 3 is 1.86 bits per heavy atom. The molecule has 1 fully saturated rings. The van der Waals surface area contributed by atoms with Gasteiger partial charge < -0.3 is 5.73 Å². The van der Waals surface area contributed by atoms with E-state index in [0.29, 0.717) is 37.4 Å². The number of hydrogen-bond acceptors (Lipinski definition) is 3. The molecule has 0 aliphatic heterocycles. The Morgan fingerprint density at radius 1 is 1.09 bits per heavy atom. The Bertz CT molecular complexity index is 386. The van der Waals surface area contributed by atoms with Crippen molar-refractivity contribution >= 4 is 22.6 Å². The molecule has 0 radical (unpaired) electrons. The van der Waals surface area contributed by atoms with Crippen molar-refractivity contribution in [3.8, 4) is 0 Å². The molecule has 134 valence electrons. The fourth-order valence-corrected chi connectivity index (χ4v) is 3.77. The van der Waals surface area contributed by atoms with E-state index >= 15 is 0 Å². The first-order valence-electron chi connectivity index (χ1n) is 8.23. The van der Waals surface area contributed by atoms with E-state index in [2.05, 4.69) is 32.4 Å². The zero-order valence-electron chi connectivity index (χ0n) is 14.4. The molecule has 1 unspecified atom stereocenters. The van der Waals surface area contributed by atoms with Crippen LogP contribution >= 0.6 is 12.4 Å². The molecule has 1 atom stereocenters. The molecule has 1 aliphatic carbocycles. The van der Waals surface area contributed by atoms with Crippen molar-refractivity contribution in [3.05, 3.63) is 0 Å². The molecule has 22 heavy (non-hydrogen) atoms. The second kappa shape index (κ2) is 10.1. The number of nitrogens with zero attached hydrogens (tertiary/aromatic N) is 1. The van der Waals surface area contributed by atoms with Crippen molar-refractivity contribution in [2.24, 2.45) is 23.5 Å². The Balaban J connectivity index is 0.00000441. The van der Waals surface area contributed by atoms with Crippen LogP contribution in [0.25, 0.3) is 0 Å². The van der Waals surface area contributed by atoms with Gasteiger partial charge in [0.05, 0.1) is 0 Å². The minimum Gasteiger partial charge on any atom is -0.329 e. The normalized spacial score (nSPS) is 17.1. The van der Waals surface area contributed by atoms with Crippen molar-refractivity contribution in [1.82, 2.24) is 9.03 Å². The molecule has 1 saturated carbocycles. The summed E-state index contributed by atoms with van der Waals surface area (Å²) < 4.78 is 29.7. The van der Waals surface area contributed by atoms with Crippen LogP contribution in [0.3, 0.4) is 0 Å². The summed E-state index contributed by atoms with van der Waals surface area (Å²) in [6.45, 7) is 10.0. The Labute approximate surface area is 143 Å². The average Bonchev–Trinajstić information content (AvgIpc) is 3.19. The molecule has 0 amide bonds. The fourth-order valence-electron chi connectivity index (χ4n) is 2.26. The summed E-state index contributed by atoms with van der Waals surface area (Å²) in [5.41, 5.74) is 5.72. The van der Waals surface area contributed by atoms with Crippen molar-refractivity contribution in [1.29, 1.82) is 0 Å². The maximum absolute atomic E-state index is 12.6. The smallest absolute Gasteiger partial charge is 0.279 e. The monoisotopic (exact) mass is 355 g/mol. The second-order valence-electron chi connectivity index (χ2n) is 7.07. The van der Waals surface area contributed by atoms with E-state index in [1.807, 2.05) is 0 Å². The molecule has 1 rings (SSSR count). The lowest BCUT2D eigenvalue weighted by atomic mass is 10.1. The topological polar surface area (TPSA) is 75.4 Å². The highest BCUT2D eigenvalue weighted by atomic mass is 35.5. The van der Waals surface area contributed by atoms with E-state index in [1.165, 1.54) is 0 Å². The minimum absolute atomic E-state index is 0. The van der Waals surface area contributed by atoms with Crippen molar-refractivity contribution in [3.63, 3.8) is 0 Å². The van der Waals surface area contributed by atoms with Crippen molar-refractivity contribution in [2.45, 2.75) is 59.4 Å². The summed E-state index contributed by atoms with van der Waals surface area (Å²) in [6.07, 6.45) is 3.94. The molecule has 0 aromatic carbocycles. The first-order chi connectivity index (χ1) is 9.76. The fraction of sp³-hybridized carbons (Fsp3) is 1.00. The van der Waals surface area contributed by atoms with Gasteiger partial charge >= 0.3 is 0 Å². The zero-order valence-corrected chi connectivity index (χ0v) is 16.0. The summed E-state index contributed by atoms with van der Waals surface area (Å²) in [5, 5.41) is 0. The van der Waals surface area contributed by atoms with Gasteiger partial charge in [-0.2, -0.15) is 17.4 Å². The Morgan fingerprint density at radius 2 is 1.55 bits per heavy atom. The minimum atomic E-state index is -3.43. The van der Waals surface area contributed by atoms with Crippen LogP contribution in [0, 0.1) is 17.8 Å². The molecule has 1 aliphatic rings. The third kappa shape index (κ3) is 8.11. The van der Waals surface area contributed by atoms with Gasteiger partial charge in [0, 0.05) is 25.7 Å². The lowest BCUT2D eigenvalue weighted by Gasteiger charge is -2.26. The van der Waals surface area contributed by atoms with Gasteiger partial charge in [-0.25, -0.2) is 0 Å². The molecule has 7 heteroatoms. The number of nitrogens with one attached hydrogen (secondary N) is 1. The van der Waals surface area contributed by atoms with Crippen LogP contribution in [0.4, 0.5) is 0 Å². The van der Waals surface area contributed by atoms with Crippen LogP contribution in [-0.4, -0.2) is 38.4 Å². The van der Waals surface area contributed by atoms with Crippen LogP contribution in [0.15, 0.2) is 0 Å². The van der Waals surface area contributed by atoms with Crippen LogP contribution in [-0.2, 0) is 10.2 Å². The first kappa shape index (κ1) is 22.1. The summed E-state index contributed by atoms with van der Waals surface area (Å²) in [5.74, 6) is 1.42. The molecule has 0 spiro atoms. The lowest BCUT2D eigenvalue weighted by molar-refractivity contribution is 0.347. The zero-order chi connectivity index (χ0) is 16.0. The summed E-state index contributed by atoms with van der Waals surface area (Å²) in [4.78, 5) is 0. The van der Waals surface area contributed by atoms with E-state index in [0.717, 1.165) is 25.7 Å². The largest absolute Gasteiger partial charge is 0.329 e. The van der Waals surface area contributed by atoms with Crippen molar-refractivity contribution in [2.75, 3.05) is 19.6 Å². The van der Waals surface area contributed by atoms with Gasteiger partial charge in [-0.15, -0.1) is 12.4 Å². The molecule has 0 aromatic rings. The SMILES string of the molecule is CC(C)CCN(CCC(C)C)S(=O)(=O)NC(CN)C1CC1.Cl. The van der Waals surface area contributed by atoms with E-state index in [-0.39, 0.29) is 18.4 Å². The van der Waals surface area contributed by atoms with Crippen LogP contribution in [0.5, 0.6) is 0 Å². The maximum atomic E-state index is 12.6. The Kier molecular flexibility index (Phi) is 10.1. The third-order valence-electron chi connectivity index (χ3n) is 4.00. The molecule has 0 aromatic heterocycles. The summed E-state index contributed by atoms with van der Waals surface area (Å²) in [7, 11) is -3.43. The second-order valence-corrected chi connectivity index (χ2v) is 8.77. The predicted molar refractivity (Wildman–Crippen MR) is 95.4 cm³/mol. The van der Waals surface area contributed by atoms with Gasteiger partial charge in [0.2, 0.25) is 0 Å². The van der Waals surface area contributed by atoms with Gasteiger partial charge in [-0.05, 0) is 43.4 Å². The Hall–Kier alpha value is 0.120. The molecular weight excluding hydrogens is 322 g/mol. The van der Waals surface area contributed by atoms with Crippen LogP contribution in [0.1, 0.15) is 53.4 Å². The quantitative estimate of drug-likeness (QED) is 0.597. The average molecular weight is 356 g/mol. The molecule has 5 nitrogen and oxygen atoms in total.